The van der Waals surface area contributed by atoms with Crippen molar-refractivity contribution in [3.8, 4) is 0 Å². The van der Waals surface area contributed by atoms with E-state index in [0.29, 0.717) is 6.42 Å². The lowest BCUT2D eigenvalue weighted by Crippen LogP contribution is -2.07. The molecule has 0 saturated carbocycles. The van der Waals surface area contributed by atoms with E-state index in [0.717, 1.165) is 17.3 Å². The van der Waals surface area contributed by atoms with Crippen LogP contribution in [0.15, 0.2) is 36.5 Å². The van der Waals surface area contributed by atoms with Gasteiger partial charge >= 0.3 is 0 Å². The third kappa shape index (κ3) is 2.88. The van der Waals surface area contributed by atoms with Crippen molar-refractivity contribution in [2.75, 3.05) is 13.7 Å². The fourth-order valence-electron chi connectivity index (χ4n) is 1.88. The number of methoxy groups -OCH3 is 1. The lowest BCUT2D eigenvalue weighted by molar-refractivity contribution is -0.122. The van der Waals surface area contributed by atoms with Crippen LogP contribution in [0.5, 0.6) is 0 Å². The van der Waals surface area contributed by atoms with Gasteiger partial charge in [0.1, 0.15) is 6.61 Å². The molecule has 1 aromatic heterocycles. The maximum atomic E-state index is 11.4. The molecule has 3 nitrogen and oxygen atoms in total. The number of ether oxygens (including phenoxy) is 1. The lowest BCUT2D eigenvalue weighted by atomic mass is 10.0. The van der Waals surface area contributed by atoms with Gasteiger partial charge in [0.25, 0.3) is 0 Å². The highest BCUT2D eigenvalue weighted by atomic mass is 16.5. The Morgan fingerprint density at radius 1 is 1.29 bits per heavy atom. The van der Waals surface area contributed by atoms with Crippen molar-refractivity contribution in [3.05, 3.63) is 42.1 Å². The van der Waals surface area contributed by atoms with E-state index < -0.39 is 0 Å². The van der Waals surface area contributed by atoms with Gasteiger partial charge in [-0.2, -0.15) is 0 Å². The number of carbonyl (C=O) groups is 1. The van der Waals surface area contributed by atoms with Crippen LogP contribution in [0.4, 0.5) is 0 Å². The molecule has 3 heteroatoms. The maximum absolute atomic E-state index is 11.4. The molecule has 88 valence electrons. The number of hydrogen-bond donors (Lipinski definition) is 0. The summed E-state index contributed by atoms with van der Waals surface area (Å²) in [6.45, 7) is 0.197. The highest BCUT2D eigenvalue weighted by Crippen LogP contribution is 2.17. The van der Waals surface area contributed by atoms with Crippen LogP contribution < -0.4 is 0 Å². The second-order valence-corrected chi connectivity index (χ2v) is 3.96. The first-order valence-corrected chi connectivity index (χ1v) is 5.64. The van der Waals surface area contributed by atoms with Crippen LogP contribution in [0.25, 0.3) is 10.9 Å². The normalized spacial score (nSPS) is 10.6. The molecule has 0 unspecified atom stereocenters. The van der Waals surface area contributed by atoms with E-state index in [9.17, 15) is 4.79 Å². The van der Waals surface area contributed by atoms with Gasteiger partial charge in [0.15, 0.2) is 5.78 Å². The van der Waals surface area contributed by atoms with E-state index in [-0.39, 0.29) is 12.4 Å². The molecule has 0 bridgehead atoms. The smallest absolute Gasteiger partial charge is 0.158 e. The van der Waals surface area contributed by atoms with Gasteiger partial charge in [0.05, 0.1) is 5.52 Å². The van der Waals surface area contributed by atoms with Gasteiger partial charge in [0, 0.05) is 25.1 Å². The molecule has 0 amide bonds. The van der Waals surface area contributed by atoms with Crippen molar-refractivity contribution in [3.63, 3.8) is 0 Å². The van der Waals surface area contributed by atoms with Crippen molar-refractivity contribution >= 4 is 16.7 Å². The first kappa shape index (κ1) is 11.7. The number of benzene rings is 1. The summed E-state index contributed by atoms with van der Waals surface area (Å²) in [5.74, 6) is 0.133. The third-order valence-electron chi connectivity index (χ3n) is 2.72. The van der Waals surface area contributed by atoms with Gasteiger partial charge in [-0.1, -0.05) is 18.2 Å². The van der Waals surface area contributed by atoms with Gasteiger partial charge in [-0.25, -0.2) is 0 Å². The van der Waals surface area contributed by atoms with Crippen molar-refractivity contribution in [1.29, 1.82) is 0 Å². The molecule has 2 aromatic rings. The Morgan fingerprint density at radius 3 is 2.94 bits per heavy atom. The summed E-state index contributed by atoms with van der Waals surface area (Å²) >= 11 is 0. The van der Waals surface area contributed by atoms with Crippen LogP contribution in [-0.2, 0) is 16.0 Å². The Kier molecular flexibility index (Phi) is 3.83. The lowest BCUT2D eigenvalue weighted by Gasteiger charge is -2.05. The number of fused-ring (bicyclic) bond motifs is 1. The molecule has 0 saturated heterocycles. The number of Topliss-reactive ketones (excluding diaryl/α,β-unsaturated/α-hetero) is 1. The van der Waals surface area contributed by atoms with E-state index in [1.165, 1.54) is 5.56 Å². The summed E-state index contributed by atoms with van der Waals surface area (Å²) in [6.07, 6.45) is 3.05. The van der Waals surface area contributed by atoms with Crippen molar-refractivity contribution in [2.45, 2.75) is 12.8 Å². The molecule has 1 heterocycles. The topological polar surface area (TPSA) is 39.2 Å². The Morgan fingerprint density at radius 2 is 2.12 bits per heavy atom. The van der Waals surface area contributed by atoms with Gasteiger partial charge in [0.2, 0.25) is 0 Å². The fraction of sp³-hybridized carbons (Fsp3) is 0.286. The zero-order valence-corrected chi connectivity index (χ0v) is 9.85. The van der Waals surface area contributed by atoms with E-state index in [2.05, 4.69) is 4.98 Å². The molecular weight excluding hydrogens is 214 g/mol. The number of ketones is 1. The molecule has 0 aliphatic heterocycles. The van der Waals surface area contributed by atoms with Crippen LogP contribution in [0.2, 0.25) is 0 Å². The van der Waals surface area contributed by atoms with Crippen LogP contribution >= 0.6 is 0 Å². The number of rotatable bonds is 5. The minimum Gasteiger partial charge on any atom is -0.377 e. The Bertz CT molecular complexity index is 517. The predicted octanol–water partition coefficient (Wildman–Crippen LogP) is 2.38. The van der Waals surface area contributed by atoms with Crippen molar-refractivity contribution in [1.82, 2.24) is 4.98 Å². The standard InChI is InChI=1S/C14H15NO2/c1-17-10-12(16)7-6-11-8-9-15-14-5-3-2-4-13(11)14/h2-5,8-9H,6-7,10H2,1H3. The van der Waals surface area contributed by atoms with Gasteiger partial charge in [-0.05, 0) is 24.1 Å². The SMILES string of the molecule is COCC(=O)CCc1ccnc2ccccc12. The predicted molar refractivity (Wildman–Crippen MR) is 66.9 cm³/mol. The number of carbonyl (C=O) groups excluding carboxylic acids is 1. The zero-order valence-electron chi connectivity index (χ0n) is 9.85. The first-order valence-electron chi connectivity index (χ1n) is 5.64. The van der Waals surface area contributed by atoms with Crippen LogP contribution in [0.3, 0.4) is 0 Å². The Hall–Kier alpha value is -1.74. The number of para-hydroxylation sites is 1. The second kappa shape index (κ2) is 5.55. The minimum atomic E-state index is 0.133. The molecular formula is C14H15NO2. The van der Waals surface area contributed by atoms with Crippen LogP contribution in [-0.4, -0.2) is 24.5 Å². The van der Waals surface area contributed by atoms with Gasteiger partial charge in [-0.3, -0.25) is 9.78 Å². The molecule has 0 spiro atoms. The third-order valence-corrected chi connectivity index (χ3v) is 2.72. The highest BCUT2D eigenvalue weighted by molar-refractivity contribution is 5.84. The Labute approximate surface area is 100 Å². The largest absolute Gasteiger partial charge is 0.377 e. The molecule has 0 atom stereocenters. The Balaban J connectivity index is 2.16. The van der Waals surface area contributed by atoms with Crippen LogP contribution in [0.1, 0.15) is 12.0 Å². The number of pyridine rings is 1. The molecule has 0 aliphatic rings. The molecule has 2 rings (SSSR count). The summed E-state index contributed by atoms with van der Waals surface area (Å²) in [7, 11) is 1.54. The number of aromatic nitrogens is 1. The van der Waals surface area contributed by atoms with Crippen molar-refractivity contribution < 1.29 is 9.53 Å². The van der Waals surface area contributed by atoms with E-state index >= 15 is 0 Å². The maximum Gasteiger partial charge on any atom is 0.158 e. The van der Waals surface area contributed by atoms with Gasteiger partial charge in [-0.15, -0.1) is 0 Å². The molecule has 0 radical (unpaired) electrons. The molecule has 0 N–H and O–H groups in total. The molecule has 0 fully saturated rings. The molecule has 0 aliphatic carbocycles. The van der Waals surface area contributed by atoms with E-state index in [1.807, 2.05) is 30.3 Å². The average Bonchev–Trinajstić information content (AvgIpc) is 2.36. The fourth-order valence-corrected chi connectivity index (χ4v) is 1.88. The zero-order chi connectivity index (χ0) is 12.1. The average molecular weight is 229 g/mol. The quantitative estimate of drug-likeness (QED) is 0.790. The van der Waals surface area contributed by atoms with Gasteiger partial charge < -0.3 is 4.74 Å². The number of nitrogens with zero attached hydrogens (tertiary/aromatic N) is 1. The van der Waals surface area contributed by atoms with E-state index in [4.69, 9.17) is 4.74 Å². The summed E-state index contributed by atoms with van der Waals surface area (Å²) in [5, 5.41) is 1.13. The number of aryl methyl sites for hydroxylation is 1. The second-order valence-electron chi connectivity index (χ2n) is 3.96. The van der Waals surface area contributed by atoms with Crippen molar-refractivity contribution in [2.24, 2.45) is 0 Å². The summed E-state index contributed by atoms with van der Waals surface area (Å²) in [6, 6.07) is 9.95. The molecule has 17 heavy (non-hydrogen) atoms. The summed E-state index contributed by atoms with van der Waals surface area (Å²) in [4.78, 5) is 15.7. The summed E-state index contributed by atoms with van der Waals surface area (Å²) in [5.41, 5.74) is 2.14. The molecule has 1 aromatic carbocycles. The first-order chi connectivity index (χ1) is 8.31. The monoisotopic (exact) mass is 229 g/mol. The summed E-state index contributed by atoms with van der Waals surface area (Å²) < 4.78 is 4.82. The number of hydrogen-bond acceptors (Lipinski definition) is 3. The van der Waals surface area contributed by atoms with Crippen LogP contribution in [0, 0.1) is 0 Å². The highest BCUT2D eigenvalue weighted by Gasteiger charge is 2.05. The minimum absolute atomic E-state index is 0.133. The van der Waals surface area contributed by atoms with E-state index in [1.54, 1.807) is 13.3 Å².